The quantitative estimate of drug-likeness (QED) is 0.714. The molecule has 0 amide bonds. The number of hydrogen-bond donors (Lipinski definition) is 0. The third-order valence-corrected chi connectivity index (χ3v) is 5.37. The van der Waals surface area contributed by atoms with E-state index >= 15 is 0 Å². The number of alkyl halides is 3. The van der Waals surface area contributed by atoms with Gasteiger partial charge in [-0.15, -0.1) is 0 Å². The molecule has 0 N–H and O–H groups in total. The van der Waals surface area contributed by atoms with Gasteiger partial charge in [0.1, 0.15) is 5.41 Å². The molecule has 1 nitrogen and oxygen atoms in total. The van der Waals surface area contributed by atoms with Crippen LogP contribution in [0.15, 0.2) is 48.5 Å². The Kier molecular flexibility index (Phi) is 3.03. The molecule has 0 bridgehead atoms. The molecule has 0 radical (unpaired) electrons. The first-order valence-electron chi connectivity index (χ1n) is 7.95. The van der Waals surface area contributed by atoms with Crippen molar-refractivity contribution >= 4 is 5.69 Å². The van der Waals surface area contributed by atoms with Gasteiger partial charge < -0.3 is 4.90 Å². The van der Waals surface area contributed by atoms with Crippen molar-refractivity contribution < 1.29 is 13.2 Å². The number of halogens is 3. The van der Waals surface area contributed by atoms with Crippen LogP contribution in [0.3, 0.4) is 0 Å². The van der Waals surface area contributed by atoms with Gasteiger partial charge in [0.15, 0.2) is 0 Å². The average molecular weight is 317 g/mol. The Bertz CT molecular complexity index is 738. The van der Waals surface area contributed by atoms with E-state index in [1.165, 1.54) is 6.92 Å². The van der Waals surface area contributed by atoms with Crippen molar-refractivity contribution in [2.24, 2.45) is 0 Å². The Hall–Kier alpha value is -1.97. The van der Waals surface area contributed by atoms with Gasteiger partial charge in [-0.2, -0.15) is 13.2 Å². The molecular formula is C19H18F3N. The fourth-order valence-corrected chi connectivity index (χ4v) is 4.28. The molecule has 120 valence electrons. The maximum Gasteiger partial charge on any atom is 0.400 e. The van der Waals surface area contributed by atoms with Crippen LogP contribution in [0.25, 0.3) is 0 Å². The molecule has 2 atom stereocenters. The van der Waals surface area contributed by atoms with Gasteiger partial charge in [0.2, 0.25) is 0 Å². The van der Waals surface area contributed by atoms with Gasteiger partial charge >= 0.3 is 6.18 Å². The summed E-state index contributed by atoms with van der Waals surface area (Å²) in [5.74, 6) is 0. The fourth-order valence-electron chi connectivity index (χ4n) is 4.28. The van der Waals surface area contributed by atoms with Crippen LogP contribution in [0, 0.1) is 0 Å². The summed E-state index contributed by atoms with van der Waals surface area (Å²) in [4.78, 5) is 1.98. The summed E-state index contributed by atoms with van der Waals surface area (Å²) in [5, 5.41) is 0. The first kappa shape index (κ1) is 14.6. The summed E-state index contributed by atoms with van der Waals surface area (Å²) in [7, 11) is 0. The third-order valence-electron chi connectivity index (χ3n) is 5.37. The molecule has 0 fully saturated rings. The lowest BCUT2D eigenvalue weighted by Gasteiger charge is -2.39. The lowest BCUT2D eigenvalue weighted by atomic mass is 9.75. The van der Waals surface area contributed by atoms with E-state index in [1.54, 1.807) is 12.1 Å². The molecule has 0 spiro atoms. The van der Waals surface area contributed by atoms with E-state index in [0.29, 0.717) is 12.1 Å². The standard InChI is InChI=1S/C19H18F3N/c1-18(19(20,21)22)15-11-5-9-13-10-6-12-23(16(13)15)17(18)14-7-3-2-4-8-14/h2-5,7-9,11,17H,6,10,12H2,1H3/t17-,18-/m0/s1. The normalized spacial score (nSPS) is 26.3. The molecule has 2 aliphatic heterocycles. The summed E-state index contributed by atoms with van der Waals surface area (Å²) in [5.41, 5.74) is 1.13. The smallest absolute Gasteiger partial charge is 0.363 e. The predicted octanol–water partition coefficient (Wildman–Crippen LogP) is 5.01. The third kappa shape index (κ3) is 1.87. The molecule has 0 saturated carbocycles. The van der Waals surface area contributed by atoms with Gasteiger partial charge in [0.25, 0.3) is 0 Å². The number of hydrogen-bond acceptors (Lipinski definition) is 1. The lowest BCUT2D eigenvalue weighted by molar-refractivity contribution is -0.190. The maximum absolute atomic E-state index is 14.2. The van der Waals surface area contributed by atoms with Crippen molar-refractivity contribution in [3.63, 3.8) is 0 Å². The summed E-state index contributed by atoms with van der Waals surface area (Å²) < 4.78 is 42.6. The van der Waals surface area contributed by atoms with E-state index in [4.69, 9.17) is 0 Å². The molecule has 2 aliphatic rings. The van der Waals surface area contributed by atoms with E-state index in [2.05, 4.69) is 0 Å². The first-order valence-corrected chi connectivity index (χ1v) is 7.95. The van der Waals surface area contributed by atoms with Crippen LogP contribution in [0.2, 0.25) is 0 Å². The topological polar surface area (TPSA) is 3.24 Å². The van der Waals surface area contributed by atoms with Crippen molar-refractivity contribution in [2.75, 3.05) is 11.4 Å². The monoisotopic (exact) mass is 317 g/mol. The van der Waals surface area contributed by atoms with Gasteiger partial charge in [-0.3, -0.25) is 0 Å². The number of rotatable bonds is 1. The number of aryl methyl sites for hydroxylation is 1. The van der Waals surface area contributed by atoms with Gasteiger partial charge in [-0.25, -0.2) is 0 Å². The Morgan fingerprint density at radius 1 is 1.04 bits per heavy atom. The minimum atomic E-state index is -4.31. The molecule has 2 aromatic rings. The minimum absolute atomic E-state index is 0.427. The molecule has 0 aliphatic carbocycles. The lowest BCUT2D eigenvalue weighted by Crippen LogP contribution is -2.46. The van der Waals surface area contributed by atoms with Gasteiger partial charge in [-0.05, 0) is 36.5 Å². The Morgan fingerprint density at radius 2 is 1.78 bits per heavy atom. The zero-order chi connectivity index (χ0) is 16.2. The van der Waals surface area contributed by atoms with Crippen molar-refractivity contribution in [1.82, 2.24) is 0 Å². The second-order valence-electron chi connectivity index (χ2n) is 6.62. The van der Waals surface area contributed by atoms with Crippen molar-refractivity contribution in [3.05, 3.63) is 65.2 Å². The van der Waals surface area contributed by atoms with E-state index < -0.39 is 17.6 Å². The summed E-state index contributed by atoms with van der Waals surface area (Å²) in [6.45, 7) is 2.04. The highest BCUT2D eigenvalue weighted by atomic mass is 19.4. The molecular weight excluding hydrogens is 299 g/mol. The van der Waals surface area contributed by atoms with E-state index in [0.717, 1.165) is 29.7 Å². The average Bonchev–Trinajstić information content (AvgIpc) is 2.81. The highest BCUT2D eigenvalue weighted by Gasteiger charge is 2.64. The Morgan fingerprint density at radius 3 is 2.48 bits per heavy atom. The molecule has 4 heteroatoms. The Labute approximate surface area is 133 Å². The largest absolute Gasteiger partial charge is 0.400 e. The Balaban J connectivity index is 2.00. The van der Waals surface area contributed by atoms with Crippen LogP contribution >= 0.6 is 0 Å². The van der Waals surface area contributed by atoms with Gasteiger partial charge in [-0.1, -0.05) is 48.5 Å². The predicted molar refractivity (Wildman–Crippen MR) is 84.7 cm³/mol. The maximum atomic E-state index is 14.2. The second-order valence-corrected chi connectivity index (χ2v) is 6.62. The first-order chi connectivity index (χ1) is 10.9. The van der Waals surface area contributed by atoms with Crippen LogP contribution in [-0.4, -0.2) is 12.7 Å². The number of nitrogens with zero attached hydrogens (tertiary/aromatic N) is 1. The second kappa shape index (κ2) is 4.76. The van der Waals surface area contributed by atoms with Crippen LogP contribution in [-0.2, 0) is 11.8 Å². The summed E-state index contributed by atoms with van der Waals surface area (Å²) in [6.07, 6.45) is -2.55. The zero-order valence-electron chi connectivity index (χ0n) is 12.9. The van der Waals surface area contributed by atoms with Crippen molar-refractivity contribution in [3.8, 4) is 0 Å². The minimum Gasteiger partial charge on any atom is -0.363 e. The van der Waals surface area contributed by atoms with E-state index in [9.17, 15) is 13.2 Å². The van der Waals surface area contributed by atoms with Gasteiger partial charge in [0.05, 0.1) is 6.04 Å². The molecule has 0 unspecified atom stereocenters. The molecule has 0 aromatic heterocycles. The molecule has 4 rings (SSSR count). The van der Waals surface area contributed by atoms with Crippen molar-refractivity contribution in [2.45, 2.75) is 37.4 Å². The molecule has 2 aromatic carbocycles. The van der Waals surface area contributed by atoms with Crippen LogP contribution in [0.5, 0.6) is 0 Å². The van der Waals surface area contributed by atoms with Crippen molar-refractivity contribution in [1.29, 1.82) is 0 Å². The highest BCUT2D eigenvalue weighted by molar-refractivity contribution is 5.71. The SMILES string of the molecule is C[C@]1(C(F)(F)F)c2cccc3c2N(CCC3)[C@H]1c1ccccc1. The molecule has 0 saturated heterocycles. The zero-order valence-corrected chi connectivity index (χ0v) is 12.9. The van der Waals surface area contributed by atoms with E-state index in [1.807, 2.05) is 41.3 Å². The van der Waals surface area contributed by atoms with Crippen LogP contribution < -0.4 is 4.90 Å². The van der Waals surface area contributed by atoms with Crippen LogP contribution in [0.4, 0.5) is 18.9 Å². The number of benzene rings is 2. The summed E-state index contributed by atoms with van der Waals surface area (Å²) in [6, 6.07) is 13.8. The number of para-hydroxylation sites is 1. The van der Waals surface area contributed by atoms with Crippen LogP contribution in [0.1, 0.15) is 36.1 Å². The number of anilines is 1. The fraction of sp³-hybridized carbons (Fsp3) is 0.368. The molecule has 2 heterocycles. The summed E-state index contributed by atoms with van der Waals surface area (Å²) >= 11 is 0. The van der Waals surface area contributed by atoms with Gasteiger partial charge in [0, 0.05) is 12.2 Å². The highest BCUT2D eigenvalue weighted by Crippen LogP contribution is 2.61. The van der Waals surface area contributed by atoms with E-state index in [-0.39, 0.29) is 0 Å². The molecule has 23 heavy (non-hydrogen) atoms.